The van der Waals surface area contributed by atoms with Crippen molar-refractivity contribution in [2.75, 3.05) is 6.54 Å². The number of rotatable bonds is 7. The van der Waals surface area contributed by atoms with E-state index in [-0.39, 0.29) is 11.4 Å². The average Bonchev–Trinajstić information content (AvgIpc) is 2.78. The molecule has 0 saturated heterocycles. The maximum atomic E-state index is 11.9. The minimum Gasteiger partial charge on any atom is -0.469 e. The molecule has 0 fully saturated rings. The van der Waals surface area contributed by atoms with E-state index in [9.17, 15) is 4.79 Å². The van der Waals surface area contributed by atoms with Crippen molar-refractivity contribution in [2.45, 2.75) is 45.6 Å². The molecule has 0 aliphatic rings. The first-order valence-corrected chi connectivity index (χ1v) is 6.48. The zero-order valence-corrected chi connectivity index (χ0v) is 11.5. The largest absolute Gasteiger partial charge is 0.469 e. The molecule has 1 heterocycles. The second kappa shape index (κ2) is 6.59. The second-order valence-corrected chi connectivity index (χ2v) is 5.49. The molecule has 102 valence electrons. The van der Waals surface area contributed by atoms with Crippen LogP contribution in [0.1, 0.15) is 39.4 Å². The molecule has 1 rings (SSSR count). The zero-order chi connectivity index (χ0) is 13.6. The van der Waals surface area contributed by atoms with Crippen molar-refractivity contribution >= 4 is 5.91 Å². The van der Waals surface area contributed by atoms with E-state index in [2.05, 4.69) is 19.2 Å². The summed E-state index contributed by atoms with van der Waals surface area (Å²) in [5, 5.41) is 3.03. The van der Waals surface area contributed by atoms with Crippen molar-refractivity contribution in [2.24, 2.45) is 11.7 Å². The van der Waals surface area contributed by atoms with Crippen LogP contribution >= 0.6 is 0 Å². The topological polar surface area (TPSA) is 68.3 Å². The number of carbonyl (C=O) groups is 1. The third-order valence-electron chi connectivity index (χ3n) is 2.93. The van der Waals surface area contributed by atoms with Gasteiger partial charge in [0.1, 0.15) is 5.76 Å². The van der Waals surface area contributed by atoms with E-state index in [0.717, 1.165) is 12.2 Å². The van der Waals surface area contributed by atoms with Crippen LogP contribution in [0.15, 0.2) is 22.8 Å². The maximum Gasteiger partial charge on any atom is 0.220 e. The number of nitrogens with two attached hydrogens (primary N) is 1. The lowest BCUT2D eigenvalue weighted by Crippen LogP contribution is -2.52. The summed E-state index contributed by atoms with van der Waals surface area (Å²) >= 11 is 0. The van der Waals surface area contributed by atoms with Crippen molar-refractivity contribution in [1.29, 1.82) is 0 Å². The summed E-state index contributed by atoms with van der Waals surface area (Å²) in [6, 6.07) is 3.71. The first-order chi connectivity index (χ1) is 8.45. The van der Waals surface area contributed by atoms with E-state index >= 15 is 0 Å². The number of amides is 1. The molecule has 0 aromatic carbocycles. The first-order valence-electron chi connectivity index (χ1n) is 6.48. The molecule has 0 aliphatic heterocycles. The van der Waals surface area contributed by atoms with Gasteiger partial charge in [-0.05, 0) is 31.4 Å². The van der Waals surface area contributed by atoms with Crippen LogP contribution in [-0.2, 0) is 11.2 Å². The zero-order valence-electron chi connectivity index (χ0n) is 11.5. The number of nitrogens with one attached hydrogen (secondary N) is 1. The van der Waals surface area contributed by atoms with E-state index in [1.165, 1.54) is 0 Å². The first kappa shape index (κ1) is 14.8. The lowest BCUT2D eigenvalue weighted by Gasteiger charge is -2.31. The van der Waals surface area contributed by atoms with Gasteiger partial charge in [0.05, 0.1) is 6.26 Å². The van der Waals surface area contributed by atoms with Crippen molar-refractivity contribution in [3.05, 3.63) is 24.2 Å². The number of furan rings is 1. The molecule has 0 bridgehead atoms. The standard InChI is InChI=1S/C14H24N2O2/c1-11(2)9-14(3,10-15)16-13(17)7-6-12-5-4-8-18-12/h4-5,8,11H,6-7,9-10,15H2,1-3H3,(H,16,17). The molecule has 0 saturated carbocycles. The highest BCUT2D eigenvalue weighted by atomic mass is 16.3. The van der Waals surface area contributed by atoms with Crippen molar-refractivity contribution in [3.63, 3.8) is 0 Å². The molecule has 1 aromatic rings. The Morgan fingerprint density at radius 1 is 1.56 bits per heavy atom. The van der Waals surface area contributed by atoms with Gasteiger partial charge in [-0.3, -0.25) is 4.79 Å². The van der Waals surface area contributed by atoms with Crippen LogP contribution in [0, 0.1) is 5.92 Å². The summed E-state index contributed by atoms with van der Waals surface area (Å²) in [7, 11) is 0. The number of aryl methyl sites for hydroxylation is 1. The Kier molecular flexibility index (Phi) is 5.41. The number of hydrogen-bond acceptors (Lipinski definition) is 3. The van der Waals surface area contributed by atoms with Crippen molar-refractivity contribution in [3.8, 4) is 0 Å². The molecule has 3 N–H and O–H groups in total. The predicted octanol–water partition coefficient (Wildman–Crippen LogP) is 2.09. The van der Waals surface area contributed by atoms with E-state index in [1.807, 2.05) is 19.1 Å². The molecule has 0 radical (unpaired) electrons. The molecule has 0 aliphatic carbocycles. The summed E-state index contributed by atoms with van der Waals surface area (Å²) in [6.45, 7) is 6.71. The molecule has 1 aromatic heterocycles. The number of carbonyl (C=O) groups excluding carboxylic acids is 1. The maximum absolute atomic E-state index is 11.9. The van der Waals surface area contributed by atoms with Crippen LogP contribution in [0.3, 0.4) is 0 Å². The van der Waals surface area contributed by atoms with Gasteiger partial charge in [0, 0.05) is 24.9 Å². The molecule has 1 atom stereocenters. The molecule has 0 spiro atoms. The van der Waals surface area contributed by atoms with Crippen LogP contribution in [0.5, 0.6) is 0 Å². The predicted molar refractivity (Wildman–Crippen MR) is 72.1 cm³/mol. The van der Waals surface area contributed by atoms with E-state index in [0.29, 0.717) is 25.3 Å². The normalized spacial score (nSPS) is 14.5. The van der Waals surface area contributed by atoms with Crippen LogP contribution < -0.4 is 11.1 Å². The smallest absolute Gasteiger partial charge is 0.220 e. The van der Waals surface area contributed by atoms with Crippen molar-refractivity contribution in [1.82, 2.24) is 5.32 Å². The highest BCUT2D eigenvalue weighted by Crippen LogP contribution is 2.15. The summed E-state index contributed by atoms with van der Waals surface area (Å²) in [5.41, 5.74) is 5.45. The average molecular weight is 252 g/mol. The van der Waals surface area contributed by atoms with Gasteiger partial charge in [-0.2, -0.15) is 0 Å². The Morgan fingerprint density at radius 3 is 2.78 bits per heavy atom. The fraction of sp³-hybridized carbons (Fsp3) is 0.643. The molecule has 4 nitrogen and oxygen atoms in total. The van der Waals surface area contributed by atoms with E-state index in [1.54, 1.807) is 6.26 Å². The van der Waals surface area contributed by atoms with Gasteiger partial charge < -0.3 is 15.5 Å². The van der Waals surface area contributed by atoms with E-state index in [4.69, 9.17) is 10.2 Å². The molecular formula is C14H24N2O2. The molecule has 1 unspecified atom stereocenters. The second-order valence-electron chi connectivity index (χ2n) is 5.49. The van der Waals surface area contributed by atoms with Crippen LogP contribution in [-0.4, -0.2) is 18.0 Å². The lowest BCUT2D eigenvalue weighted by atomic mass is 9.90. The summed E-state index contributed by atoms with van der Waals surface area (Å²) in [6.07, 6.45) is 3.56. The summed E-state index contributed by atoms with van der Waals surface area (Å²) in [5.74, 6) is 1.37. The highest BCUT2D eigenvalue weighted by Gasteiger charge is 2.25. The Bertz CT molecular complexity index is 360. The Morgan fingerprint density at radius 2 is 2.28 bits per heavy atom. The third-order valence-corrected chi connectivity index (χ3v) is 2.93. The summed E-state index contributed by atoms with van der Waals surface area (Å²) < 4.78 is 5.20. The van der Waals surface area contributed by atoms with Gasteiger partial charge >= 0.3 is 0 Å². The lowest BCUT2D eigenvalue weighted by molar-refractivity contribution is -0.123. The highest BCUT2D eigenvalue weighted by molar-refractivity contribution is 5.77. The third kappa shape index (κ3) is 4.92. The van der Waals surface area contributed by atoms with Gasteiger partial charge in [-0.25, -0.2) is 0 Å². The SMILES string of the molecule is CC(C)CC(C)(CN)NC(=O)CCc1ccco1. The van der Waals surface area contributed by atoms with Gasteiger partial charge in [-0.15, -0.1) is 0 Å². The fourth-order valence-electron chi connectivity index (χ4n) is 2.18. The molecule has 4 heteroatoms. The molecule has 18 heavy (non-hydrogen) atoms. The van der Waals surface area contributed by atoms with Crippen LogP contribution in [0.25, 0.3) is 0 Å². The molecule has 1 amide bonds. The Labute approximate surface area is 109 Å². The van der Waals surface area contributed by atoms with Gasteiger partial charge in [0.2, 0.25) is 5.91 Å². The van der Waals surface area contributed by atoms with Crippen LogP contribution in [0.4, 0.5) is 0 Å². The fourth-order valence-corrected chi connectivity index (χ4v) is 2.18. The van der Waals surface area contributed by atoms with Gasteiger partial charge in [0.15, 0.2) is 0 Å². The Hall–Kier alpha value is -1.29. The minimum absolute atomic E-state index is 0.0278. The van der Waals surface area contributed by atoms with Crippen molar-refractivity contribution < 1.29 is 9.21 Å². The number of hydrogen-bond donors (Lipinski definition) is 2. The summed E-state index contributed by atoms with van der Waals surface area (Å²) in [4.78, 5) is 11.9. The monoisotopic (exact) mass is 252 g/mol. The quantitative estimate of drug-likeness (QED) is 0.780. The minimum atomic E-state index is -0.311. The van der Waals surface area contributed by atoms with E-state index < -0.39 is 0 Å². The van der Waals surface area contributed by atoms with Gasteiger partial charge in [0.25, 0.3) is 0 Å². The van der Waals surface area contributed by atoms with Gasteiger partial charge in [-0.1, -0.05) is 13.8 Å². The Balaban J connectivity index is 2.42. The van der Waals surface area contributed by atoms with Crippen LogP contribution in [0.2, 0.25) is 0 Å². The molecular weight excluding hydrogens is 228 g/mol.